The molecule has 2 heterocycles. The maximum Gasteiger partial charge on any atom is 0.196 e. The van der Waals surface area contributed by atoms with Gasteiger partial charge in [0.05, 0.1) is 12.0 Å². The molecule has 0 amide bonds. The van der Waals surface area contributed by atoms with E-state index >= 15 is 0 Å². The number of carbonyl (C=O) groups excluding carboxylic acids is 1. The van der Waals surface area contributed by atoms with Crippen molar-refractivity contribution < 1.29 is 19.0 Å². The van der Waals surface area contributed by atoms with E-state index < -0.39 is 17.1 Å². The molecule has 2 aromatic rings. The molecule has 0 saturated carbocycles. The second kappa shape index (κ2) is 8.40. The number of hydrogen-bond acceptors (Lipinski definition) is 5. The van der Waals surface area contributed by atoms with Crippen molar-refractivity contribution in [1.29, 1.82) is 0 Å². The van der Waals surface area contributed by atoms with Crippen molar-refractivity contribution >= 4 is 5.78 Å². The van der Waals surface area contributed by atoms with Gasteiger partial charge in [-0.3, -0.25) is 9.69 Å². The van der Waals surface area contributed by atoms with Gasteiger partial charge in [-0.2, -0.15) is 0 Å². The molecular formula is C29H33NO4. The zero-order valence-corrected chi connectivity index (χ0v) is 19.1. The third kappa shape index (κ3) is 2.96. The standard InChI is InChI=1S/C28H29NO4.CH4/c1-3-4-16-32-28-13-12-21(30)26-27(28)14-15-29(2)23(28)17-20-10-11-22(25(33-26)24(20)27)31-18-19-8-6-5-7-9-19;/h3-13,23,26H,14-18H2,1-2H3;1H4/b4-3+;/t23?,26-,27-,28+;/m0./s1. The van der Waals surface area contributed by atoms with Crippen LogP contribution in [0.2, 0.25) is 0 Å². The van der Waals surface area contributed by atoms with Crippen LogP contribution in [0, 0.1) is 0 Å². The fraction of sp³-hybridized carbons (Fsp3) is 0.414. The van der Waals surface area contributed by atoms with Gasteiger partial charge in [-0.1, -0.05) is 56.0 Å². The Balaban J connectivity index is 0.00000241. The second-order valence-electron chi connectivity index (χ2n) is 9.53. The van der Waals surface area contributed by atoms with Gasteiger partial charge in [-0.05, 0) is 62.7 Å². The van der Waals surface area contributed by atoms with Crippen LogP contribution in [0.15, 0.2) is 66.8 Å². The first kappa shape index (κ1) is 22.9. The van der Waals surface area contributed by atoms with E-state index in [0.717, 1.165) is 36.3 Å². The lowest BCUT2D eigenvalue weighted by atomic mass is 9.50. The number of nitrogens with zero attached hydrogens (tertiary/aromatic N) is 1. The van der Waals surface area contributed by atoms with E-state index in [0.29, 0.717) is 19.0 Å². The number of likely N-dealkylation sites (tertiary alicyclic amines) is 1. The minimum absolute atomic E-state index is 0. The molecule has 5 nitrogen and oxygen atoms in total. The SMILES string of the molecule is C.C/C=C/CO[C@@]12C=CC(=O)[C@@H]3Oc4c(OCc5ccccc5)ccc5c4[C@@]31CCN(C)C2C5. The van der Waals surface area contributed by atoms with Crippen LogP contribution >= 0.6 is 0 Å². The maximum absolute atomic E-state index is 13.2. The van der Waals surface area contributed by atoms with Crippen LogP contribution in [0.5, 0.6) is 11.5 Å². The van der Waals surface area contributed by atoms with Crippen molar-refractivity contribution in [3.63, 3.8) is 0 Å². The number of benzene rings is 2. The quantitative estimate of drug-likeness (QED) is 0.590. The highest BCUT2D eigenvalue weighted by molar-refractivity contribution is 5.99. The summed E-state index contributed by atoms with van der Waals surface area (Å²) in [5.74, 6) is 1.45. The van der Waals surface area contributed by atoms with Gasteiger partial charge in [0.15, 0.2) is 23.4 Å². The summed E-state index contributed by atoms with van der Waals surface area (Å²) < 4.78 is 19.5. The van der Waals surface area contributed by atoms with Crippen LogP contribution in [-0.4, -0.2) is 48.6 Å². The Kier molecular flexibility index (Phi) is 5.65. The van der Waals surface area contributed by atoms with E-state index in [1.54, 1.807) is 6.08 Å². The summed E-state index contributed by atoms with van der Waals surface area (Å²) in [5.41, 5.74) is 2.31. The topological polar surface area (TPSA) is 48.0 Å². The van der Waals surface area contributed by atoms with Crippen LogP contribution in [0.4, 0.5) is 0 Å². The van der Waals surface area contributed by atoms with Gasteiger partial charge in [0, 0.05) is 11.6 Å². The molecule has 178 valence electrons. The maximum atomic E-state index is 13.2. The molecule has 6 rings (SSSR count). The molecule has 5 heteroatoms. The fourth-order valence-corrected chi connectivity index (χ4v) is 6.49. The molecule has 0 N–H and O–H groups in total. The lowest BCUT2D eigenvalue weighted by Crippen LogP contribution is -2.75. The minimum atomic E-state index is -0.617. The summed E-state index contributed by atoms with van der Waals surface area (Å²) in [7, 11) is 2.16. The Morgan fingerprint density at radius 1 is 1.21 bits per heavy atom. The molecule has 2 aromatic carbocycles. The zero-order chi connectivity index (χ0) is 22.6. The molecular weight excluding hydrogens is 426 g/mol. The van der Waals surface area contributed by atoms with Gasteiger partial charge in [-0.25, -0.2) is 0 Å². The van der Waals surface area contributed by atoms with E-state index in [4.69, 9.17) is 14.2 Å². The molecule has 1 unspecified atom stereocenters. The molecule has 2 bridgehead atoms. The first-order valence-electron chi connectivity index (χ1n) is 11.8. The van der Waals surface area contributed by atoms with Crippen LogP contribution < -0.4 is 9.47 Å². The lowest BCUT2D eigenvalue weighted by molar-refractivity contribution is -0.169. The Morgan fingerprint density at radius 3 is 2.82 bits per heavy atom. The Labute approximate surface area is 202 Å². The van der Waals surface area contributed by atoms with Crippen LogP contribution in [0.25, 0.3) is 0 Å². The summed E-state index contributed by atoms with van der Waals surface area (Å²) in [6.45, 7) is 3.85. The largest absolute Gasteiger partial charge is 0.485 e. The van der Waals surface area contributed by atoms with Gasteiger partial charge in [-0.15, -0.1) is 0 Å². The van der Waals surface area contributed by atoms with Crippen molar-refractivity contribution in [2.45, 2.75) is 57.0 Å². The molecule has 2 aliphatic carbocycles. The number of rotatable bonds is 6. The molecule has 1 saturated heterocycles. The molecule has 34 heavy (non-hydrogen) atoms. The zero-order valence-electron chi connectivity index (χ0n) is 19.1. The summed E-state index contributed by atoms with van der Waals surface area (Å²) in [6, 6.07) is 14.4. The third-order valence-electron chi connectivity index (χ3n) is 7.98. The van der Waals surface area contributed by atoms with Crippen LogP contribution in [0.3, 0.4) is 0 Å². The fourth-order valence-electron chi connectivity index (χ4n) is 6.49. The minimum Gasteiger partial charge on any atom is -0.485 e. The smallest absolute Gasteiger partial charge is 0.196 e. The predicted molar refractivity (Wildman–Crippen MR) is 132 cm³/mol. The van der Waals surface area contributed by atoms with E-state index in [1.165, 1.54) is 5.56 Å². The number of carbonyl (C=O) groups is 1. The number of likely N-dealkylation sites (N-methyl/N-ethyl adjacent to an activating group) is 1. The summed E-state index contributed by atoms with van der Waals surface area (Å²) >= 11 is 0. The Bertz CT molecular complexity index is 1160. The van der Waals surface area contributed by atoms with Crippen molar-refractivity contribution in [2.75, 3.05) is 20.2 Å². The van der Waals surface area contributed by atoms with E-state index in [1.807, 2.05) is 61.5 Å². The molecule has 4 aliphatic rings. The highest BCUT2D eigenvalue weighted by atomic mass is 16.5. The number of hydrogen-bond donors (Lipinski definition) is 0. The van der Waals surface area contributed by atoms with E-state index in [-0.39, 0.29) is 19.3 Å². The second-order valence-corrected chi connectivity index (χ2v) is 9.53. The normalized spacial score (nSPS) is 30.6. The first-order valence-corrected chi connectivity index (χ1v) is 11.8. The third-order valence-corrected chi connectivity index (χ3v) is 7.98. The monoisotopic (exact) mass is 459 g/mol. The van der Waals surface area contributed by atoms with Gasteiger partial charge in [0.2, 0.25) is 0 Å². The summed E-state index contributed by atoms with van der Waals surface area (Å²) in [5, 5.41) is 0. The number of allylic oxidation sites excluding steroid dienone is 1. The van der Waals surface area contributed by atoms with E-state index in [9.17, 15) is 4.79 Å². The highest BCUT2D eigenvalue weighted by Crippen LogP contribution is 2.64. The average molecular weight is 460 g/mol. The molecule has 0 radical (unpaired) electrons. The van der Waals surface area contributed by atoms with Crippen LogP contribution in [-0.2, 0) is 28.0 Å². The Hall–Kier alpha value is -2.89. The van der Waals surface area contributed by atoms with Gasteiger partial charge < -0.3 is 14.2 Å². The van der Waals surface area contributed by atoms with Crippen molar-refractivity contribution in [1.82, 2.24) is 4.90 Å². The number of piperidine rings is 1. The van der Waals surface area contributed by atoms with Gasteiger partial charge in [0.1, 0.15) is 12.2 Å². The molecule has 4 atom stereocenters. The molecule has 0 aromatic heterocycles. The highest BCUT2D eigenvalue weighted by Gasteiger charge is 2.72. The van der Waals surface area contributed by atoms with Gasteiger partial charge in [0.25, 0.3) is 0 Å². The number of ether oxygens (including phenoxy) is 3. The van der Waals surface area contributed by atoms with Crippen molar-refractivity contribution in [2.24, 2.45) is 0 Å². The number of ketones is 1. The Morgan fingerprint density at radius 2 is 2.03 bits per heavy atom. The molecule has 1 spiro atoms. The molecule has 2 aliphatic heterocycles. The van der Waals surface area contributed by atoms with Crippen molar-refractivity contribution in [3.8, 4) is 11.5 Å². The van der Waals surface area contributed by atoms with Gasteiger partial charge >= 0.3 is 0 Å². The summed E-state index contributed by atoms with van der Waals surface area (Å²) in [6.07, 6.45) is 8.83. The lowest BCUT2D eigenvalue weighted by Gasteiger charge is -2.62. The first-order chi connectivity index (χ1) is 16.1. The van der Waals surface area contributed by atoms with Crippen molar-refractivity contribution in [3.05, 3.63) is 83.5 Å². The summed E-state index contributed by atoms with van der Waals surface area (Å²) in [4.78, 5) is 15.6. The predicted octanol–water partition coefficient (Wildman–Crippen LogP) is 4.63. The average Bonchev–Trinajstić information content (AvgIpc) is 3.19. The van der Waals surface area contributed by atoms with Crippen LogP contribution in [0.1, 0.15) is 37.5 Å². The molecule has 1 fully saturated rings. The van der Waals surface area contributed by atoms with E-state index in [2.05, 4.69) is 18.0 Å².